The summed E-state index contributed by atoms with van der Waals surface area (Å²) in [5.41, 5.74) is 9.77. The second-order valence-corrected chi connectivity index (χ2v) is 19.3. The molecule has 4 heterocycles. The fourth-order valence-corrected chi connectivity index (χ4v) is 9.71. The number of amides is 3. The van der Waals surface area contributed by atoms with Crippen molar-refractivity contribution in [3.8, 4) is 17.2 Å². The molecule has 0 aromatic heterocycles. The summed E-state index contributed by atoms with van der Waals surface area (Å²) in [7, 11) is 3.17. The highest BCUT2D eigenvalue weighted by Gasteiger charge is 2.39. The lowest BCUT2D eigenvalue weighted by atomic mass is 9.98. The highest BCUT2D eigenvalue weighted by Crippen LogP contribution is 2.42. The minimum atomic E-state index is -1.01. The van der Waals surface area contributed by atoms with Gasteiger partial charge >= 0.3 is 0 Å². The molecule has 0 saturated heterocycles. The Labute approximate surface area is 403 Å². The second-order valence-electron chi connectivity index (χ2n) is 18.2. The fourth-order valence-electron chi connectivity index (χ4n) is 9.58. The average molecular weight is 939 g/mol. The van der Waals surface area contributed by atoms with Gasteiger partial charge in [0.2, 0.25) is 5.91 Å². The van der Waals surface area contributed by atoms with Crippen molar-refractivity contribution < 1.29 is 42.8 Å². The topological polar surface area (TPSA) is 129 Å². The number of hydrogen-bond donors (Lipinski definition) is 1. The minimum absolute atomic E-state index is 0.0227. The van der Waals surface area contributed by atoms with E-state index >= 15 is 0 Å². The predicted molar refractivity (Wildman–Crippen MR) is 266 cm³/mol. The van der Waals surface area contributed by atoms with E-state index in [1.165, 1.54) is 5.56 Å². The molecular formula is C54H58N4O9S. The zero-order chi connectivity index (χ0) is 47.5. The summed E-state index contributed by atoms with van der Waals surface area (Å²) in [6.07, 6.45) is 4.96. The number of rotatable bonds is 18. The molecule has 68 heavy (non-hydrogen) atoms. The molecule has 14 heteroatoms. The summed E-state index contributed by atoms with van der Waals surface area (Å²) >= 11 is 4.70. The largest absolute Gasteiger partial charge is 0.493 e. The Balaban J connectivity index is 0.991. The Bertz CT molecular complexity index is 2750. The number of aliphatic imine (C=N–C) groups is 1. The number of carbonyl (C=O) groups excluding carboxylic acids is 3. The van der Waals surface area contributed by atoms with Crippen molar-refractivity contribution in [3.63, 3.8) is 0 Å². The molecule has 2 atom stereocenters. The van der Waals surface area contributed by atoms with Crippen LogP contribution in [0.25, 0.3) is 0 Å². The highest BCUT2D eigenvalue weighted by atomic mass is 32.1. The molecule has 5 aromatic rings. The van der Waals surface area contributed by atoms with Crippen LogP contribution in [0.2, 0.25) is 0 Å². The number of para-hydroxylation sites is 2. The molecular weight excluding hydrogens is 881 g/mol. The number of ether oxygens (including phenoxy) is 6. The Morgan fingerprint density at radius 1 is 0.735 bits per heavy atom. The predicted octanol–water partition coefficient (Wildman–Crippen LogP) is 8.69. The first-order valence-corrected chi connectivity index (χ1v) is 23.7. The van der Waals surface area contributed by atoms with E-state index in [1.54, 1.807) is 50.0 Å². The third kappa shape index (κ3) is 9.73. The van der Waals surface area contributed by atoms with Crippen molar-refractivity contribution in [1.82, 2.24) is 0 Å². The number of anilines is 3. The van der Waals surface area contributed by atoms with Crippen LogP contribution in [0.3, 0.4) is 0 Å². The summed E-state index contributed by atoms with van der Waals surface area (Å²) in [5.74, 6) is 1.13. The van der Waals surface area contributed by atoms with Crippen LogP contribution in [-0.4, -0.2) is 94.6 Å². The lowest BCUT2D eigenvalue weighted by Gasteiger charge is -2.30. The maximum atomic E-state index is 14.2. The average Bonchev–Trinajstić information content (AvgIpc) is 3.83. The minimum Gasteiger partial charge on any atom is -0.493 e. The molecule has 0 aliphatic carbocycles. The third-order valence-corrected chi connectivity index (χ3v) is 13.2. The van der Waals surface area contributed by atoms with Gasteiger partial charge in [-0.1, -0.05) is 36.4 Å². The molecule has 4 aliphatic rings. The van der Waals surface area contributed by atoms with Crippen LogP contribution in [0.15, 0.2) is 96.0 Å². The van der Waals surface area contributed by atoms with Crippen molar-refractivity contribution in [2.75, 3.05) is 68.5 Å². The van der Waals surface area contributed by atoms with Crippen LogP contribution in [-0.2, 0) is 51.5 Å². The summed E-state index contributed by atoms with van der Waals surface area (Å²) < 4.78 is 34.5. The number of hydrogen-bond acceptors (Lipinski definition) is 11. The summed E-state index contributed by atoms with van der Waals surface area (Å²) in [4.78, 5) is 52.7. The third-order valence-electron chi connectivity index (χ3n) is 13.0. The van der Waals surface area contributed by atoms with E-state index in [1.807, 2.05) is 90.8 Å². The monoisotopic (exact) mass is 938 g/mol. The normalized spacial score (nSPS) is 16.8. The molecule has 0 spiro atoms. The van der Waals surface area contributed by atoms with E-state index in [4.69, 9.17) is 46.0 Å². The van der Waals surface area contributed by atoms with Crippen LogP contribution in [0.5, 0.6) is 17.2 Å². The number of nitrogens with zero attached hydrogens (tertiary/aromatic N) is 4. The maximum Gasteiger partial charge on any atom is 0.261 e. The molecule has 0 bridgehead atoms. The van der Waals surface area contributed by atoms with Crippen LogP contribution < -0.4 is 28.9 Å². The molecule has 354 valence electrons. The van der Waals surface area contributed by atoms with Gasteiger partial charge in [0.05, 0.1) is 62.2 Å². The van der Waals surface area contributed by atoms with Gasteiger partial charge in [0.25, 0.3) is 11.8 Å². The SMILES string of the molecule is COCCOCCOCCN(C(=O)C(C)(C)S)c1cc(COc2cc3c(cc2C)C(=O)N2c4ccccc4C[C@H]2CC3)cc(COc2cc3c(cc2OC)C(=O)N2c4ccccc4C[C@H]2C=N3)c1. The number of carbonyl (C=O) groups is 3. The fraction of sp³-hybridized carbons (Fsp3) is 0.370. The van der Waals surface area contributed by atoms with E-state index < -0.39 is 4.75 Å². The molecule has 3 amide bonds. The van der Waals surface area contributed by atoms with Gasteiger partial charge < -0.3 is 38.2 Å². The van der Waals surface area contributed by atoms with Gasteiger partial charge in [-0.25, -0.2) is 0 Å². The van der Waals surface area contributed by atoms with E-state index in [0.717, 1.165) is 58.5 Å². The van der Waals surface area contributed by atoms with Crippen LogP contribution in [0.1, 0.15) is 74.4 Å². The van der Waals surface area contributed by atoms with Crippen LogP contribution in [0, 0.1) is 6.92 Å². The first-order chi connectivity index (χ1) is 32.9. The van der Waals surface area contributed by atoms with E-state index in [2.05, 4.69) is 6.07 Å². The zero-order valence-corrected chi connectivity index (χ0v) is 40.2. The molecule has 9 rings (SSSR count). The van der Waals surface area contributed by atoms with Crippen LogP contribution >= 0.6 is 12.6 Å². The van der Waals surface area contributed by atoms with Gasteiger partial charge in [-0.05, 0) is 122 Å². The van der Waals surface area contributed by atoms with Gasteiger partial charge in [0.15, 0.2) is 11.5 Å². The van der Waals surface area contributed by atoms with Crippen LogP contribution in [0.4, 0.5) is 22.7 Å². The second kappa shape index (κ2) is 20.2. The van der Waals surface area contributed by atoms with Gasteiger partial charge in [-0.2, -0.15) is 12.6 Å². The first-order valence-electron chi connectivity index (χ1n) is 23.2. The summed E-state index contributed by atoms with van der Waals surface area (Å²) in [6.45, 7) is 7.95. The zero-order valence-electron chi connectivity index (χ0n) is 39.3. The number of benzene rings is 5. The van der Waals surface area contributed by atoms with E-state index in [9.17, 15) is 14.4 Å². The van der Waals surface area contributed by atoms with Crippen molar-refractivity contribution in [2.24, 2.45) is 4.99 Å². The summed E-state index contributed by atoms with van der Waals surface area (Å²) in [6, 6.07) is 29.3. The molecule has 0 saturated carbocycles. The molecule has 0 radical (unpaired) electrons. The molecule has 0 fully saturated rings. The Morgan fingerprint density at radius 2 is 1.38 bits per heavy atom. The van der Waals surface area contributed by atoms with Gasteiger partial charge in [-0.3, -0.25) is 24.3 Å². The summed E-state index contributed by atoms with van der Waals surface area (Å²) in [5, 5.41) is 0. The lowest BCUT2D eigenvalue weighted by molar-refractivity contribution is -0.120. The quantitative estimate of drug-likeness (QED) is 0.0678. The van der Waals surface area contributed by atoms with Crippen molar-refractivity contribution in [1.29, 1.82) is 0 Å². The first kappa shape index (κ1) is 46.9. The molecule has 0 N–H and O–H groups in total. The Kier molecular flexibility index (Phi) is 13.9. The number of aryl methyl sites for hydroxylation is 2. The number of methoxy groups -OCH3 is 2. The maximum absolute atomic E-state index is 14.2. The van der Waals surface area contributed by atoms with Crippen molar-refractivity contribution >= 4 is 59.3 Å². The van der Waals surface area contributed by atoms with Gasteiger partial charge in [0, 0.05) is 61.0 Å². The molecule has 4 aliphatic heterocycles. The smallest absolute Gasteiger partial charge is 0.261 e. The van der Waals surface area contributed by atoms with Crippen molar-refractivity contribution in [3.05, 3.63) is 136 Å². The standard InChI is InChI=1S/C54H58N4O9S/c1-34-22-43-37(14-15-40-26-38-10-6-8-12-46(38)57(40)51(43)59)28-48(34)66-32-35-23-36(25-41(24-35)56(53(61)54(2,3)68)16-17-64-20-21-65-19-18-62-4)33-67-50-30-45-44(29-49(50)63-5)52(60)58-42(31-55-45)27-39-11-7-9-13-47(39)58/h6-13,22-25,28-31,40,42,68H,14-21,26-27,32-33H2,1-5H3/t40-,42+/m1/s1. The number of fused-ring (bicyclic) bond motifs is 8. The van der Waals surface area contributed by atoms with E-state index in [0.29, 0.717) is 72.6 Å². The van der Waals surface area contributed by atoms with Gasteiger partial charge in [-0.15, -0.1) is 0 Å². The molecule has 0 unspecified atom stereocenters. The van der Waals surface area contributed by atoms with E-state index in [-0.39, 0.29) is 56.2 Å². The molecule has 13 nitrogen and oxygen atoms in total. The highest BCUT2D eigenvalue weighted by molar-refractivity contribution is 7.82. The lowest BCUT2D eigenvalue weighted by Crippen LogP contribution is -2.44. The molecule has 5 aromatic carbocycles. The number of thiol groups is 1. The van der Waals surface area contributed by atoms with Crippen molar-refractivity contribution in [2.45, 2.75) is 76.5 Å². The Morgan fingerprint density at radius 3 is 2.09 bits per heavy atom. The van der Waals surface area contributed by atoms with Gasteiger partial charge in [0.1, 0.15) is 19.0 Å². The Hall–Kier alpha value is -6.19.